The average molecular weight is 226 g/mol. The van der Waals surface area contributed by atoms with E-state index in [1.807, 2.05) is 41.7 Å². The summed E-state index contributed by atoms with van der Waals surface area (Å²) >= 11 is 0. The third-order valence-electron chi connectivity index (χ3n) is 2.87. The fourth-order valence-corrected chi connectivity index (χ4v) is 2.10. The standard InChI is InChI=1S/C13H10N2O2/c1-8-3-2-4-9-5-6-11-14-10(13(16)17)7-15(11)12(8)9/h2-7H,1H3,(H,16,17). The van der Waals surface area contributed by atoms with Gasteiger partial charge in [0.25, 0.3) is 0 Å². The number of imidazole rings is 1. The lowest BCUT2D eigenvalue weighted by Crippen LogP contribution is -1.95. The van der Waals surface area contributed by atoms with Gasteiger partial charge in [0.05, 0.1) is 5.52 Å². The number of hydrogen-bond donors (Lipinski definition) is 1. The van der Waals surface area contributed by atoms with Crippen LogP contribution in [-0.4, -0.2) is 20.5 Å². The molecule has 1 aromatic carbocycles. The molecule has 0 saturated carbocycles. The highest BCUT2D eigenvalue weighted by Gasteiger charge is 2.10. The van der Waals surface area contributed by atoms with Gasteiger partial charge in [-0.25, -0.2) is 9.78 Å². The van der Waals surface area contributed by atoms with Crippen LogP contribution in [0.4, 0.5) is 0 Å². The number of pyridine rings is 1. The summed E-state index contributed by atoms with van der Waals surface area (Å²) in [5.41, 5.74) is 2.83. The van der Waals surface area contributed by atoms with Crippen molar-refractivity contribution in [2.45, 2.75) is 6.92 Å². The Labute approximate surface area is 97.1 Å². The Hall–Kier alpha value is -2.36. The first-order chi connectivity index (χ1) is 8.16. The number of carboxylic acids is 1. The van der Waals surface area contributed by atoms with Crippen molar-refractivity contribution in [3.63, 3.8) is 0 Å². The molecular formula is C13H10N2O2. The van der Waals surface area contributed by atoms with Crippen LogP contribution in [0.5, 0.6) is 0 Å². The Morgan fingerprint density at radius 2 is 2.12 bits per heavy atom. The molecule has 0 unspecified atom stereocenters. The molecule has 0 radical (unpaired) electrons. The van der Waals surface area contributed by atoms with Gasteiger partial charge in [0.15, 0.2) is 5.69 Å². The summed E-state index contributed by atoms with van der Waals surface area (Å²) in [5, 5.41) is 10.0. The Kier molecular flexibility index (Phi) is 1.92. The number of nitrogens with zero attached hydrogens (tertiary/aromatic N) is 2. The van der Waals surface area contributed by atoms with Crippen LogP contribution >= 0.6 is 0 Å². The smallest absolute Gasteiger partial charge is 0.356 e. The lowest BCUT2D eigenvalue weighted by Gasteiger charge is -2.04. The van der Waals surface area contributed by atoms with Gasteiger partial charge in [-0.05, 0) is 30.0 Å². The van der Waals surface area contributed by atoms with Crippen molar-refractivity contribution in [3.05, 3.63) is 47.8 Å². The van der Waals surface area contributed by atoms with E-state index >= 15 is 0 Å². The second-order valence-electron chi connectivity index (χ2n) is 4.01. The zero-order valence-corrected chi connectivity index (χ0v) is 9.21. The summed E-state index contributed by atoms with van der Waals surface area (Å²) < 4.78 is 1.83. The van der Waals surface area contributed by atoms with Crippen LogP contribution in [0.1, 0.15) is 16.1 Å². The van der Waals surface area contributed by atoms with Crippen LogP contribution < -0.4 is 0 Å². The largest absolute Gasteiger partial charge is 0.476 e. The normalized spacial score (nSPS) is 11.1. The summed E-state index contributed by atoms with van der Waals surface area (Å²) in [5.74, 6) is -1.00. The van der Waals surface area contributed by atoms with Crippen LogP contribution in [0.3, 0.4) is 0 Å². The second-order valence-corrected chi connectivity index (χ2v) is 4.01. The highest BCUT2D eigenvalue weighted by atomic mass is 16.4. The monoisotopic (exact) mass is 226 g/mol. The number of hydrogen-bond acceptors (Lipinski definition) is 2. The molecule has 0 aliphatic rings. The molecule has 2 aromatic heterocycles. The molecule has 0 atom stereocenters. The Bertz CT molecular complexity index is 744. The second kappa shape index (κ2) is 3.31. The molecule has 0 bridgehead atoms. The molecule has 1 N–H and O–H groups in total. The third-order valence-corrected chi connectivity index (χ3v) is 2.87. The van der Waals surface area contributed by atoms with Gasteiger partial charge in [-0.1, -0.05) is 18.2 Å². The van der Waals surface area contributed by atoms with Crippen LogP contribution in [0.15, 0.2) is 36.5 Å². The van der Waals surface area contributed by atoms with E-state index in [9.17, 15) is 4.79 Å². The van der Waals surface area contributed by atoms with E-state index in [2.05, 4.69) is 4.98 Å². The highest BCUT2D eigenvalue weighted by Crippen LogP contribution is 2.20. The van der Waals surface area contributed by atoms with Gasteiger partial charge >= 0.3 is 5.97 Å². The molecule has 17 heavy (non-hydrogen) atoms. The maximum atomic E-state index is 10.9. The molecule has 0 aliphatic heterocycles. The van der Waals surface area contributed by atoms with Crippen molar-refractivity contribution in [1.29, 1.82) is 0 Å². The van der Waals surface area contributed by atoms with E-state index in [4.69, 9.17) is 5.11 Å². The van der Waals surface area contributed by atoms with Crippen molar-refractivity contribution < 1.29 is 9.90 Å². The van der Waals surface area contributed by atoms with Crippen LogP contribution in [-0.2, 0) is 0 Å². The highest BCUT2D eigenvalue weighted by molar-refractivity contribution is 5.89. The maximum Gasteiger partial charge on any atom is 0.356 e. The van der Waals surface area contributed by atoms with Gasteiger partial charge in [0.1, 0.15) is 5.65 Å². The Balaban J connectivity index is 2.50. The molecule has 0 saturated heterocycles. The average Bonchev–Trinajstić information content (AvgIpc) is 2.73. The van der Waals surface area contributed by atoms with Gasteiger partial charge in [0, 0.05) is 6.20 Å². The molecule has 84 valence electrons. The molecule has 0 aliphatic carbocycles. The first-order valence-electron chi connectivity index (χ1n) is 5.27. The molecule has 3 rings (SSSR count). The van der Waals surface area contributed by atoms with E-state index in [1.165, 1.54) is 0 Å². The molecular weight excluding hydrogens is 216 g/mol. The number of carbonyl (C=O) groups is 1. The van der Waals surface area contributed by atoms with E-state index in [0.717, 1.165) is 16.5 Å². The topological polar surface area (TPSA) is 54.6 Å². The van der Waals surface area contributed by atoms with E-state index < -0.39 is 5.97 Å². The van der Waals surface area contributed by atoms with Crippen LogP contribution in [0.2, 0.25) is 0 Å². The molecule has 4 nitrogen and oxygen atoms in total. The van der Waals surface area contributed by atoms with Crippen LogP contribution in [0.25, 0.3) is 16.6 Å². The molecule has 0 amide bonds. The Morgan fingerprint density at radius 3 is 2.88 bits per heavy atom. The molecule has 2 heterocycles. The predicted octanol–water partition coefficient (Wildman–Crippen LogP) is 2.49. The number of fused-ring (bicyclic) bond motifs is 3. The predicted molar refractivity (Wildman–Crippen MR) is 64.4 cm³/mol. The third kappa shape index (κ3) is 1.38. The number of carboxylic acid groups (broad SMARTS) is 1. The SMILES string of the molecule is Cc1cccc2ccc3nc(C(=O)O)cn3c12. The Morgan fingerprint density at radius 1 is 1.29 bits per heavy atom. The number of aryl methyl sites for hydroxylation is 1. The van der Waals surface area contributed by atoms with Crippen LogP contribution in [0, 0.1) is 6.92 Å². The molecule has 3 aromatic rings. The van der Waals surface area contributed by atoms with E-state index in [-0.39, 0.29) is 5.69 Å². The zero-order valence-electron chi connectivity index (χ0n) is 9.21. The van der Waals surface area contributed by atoms with Crippen molar-refractivity contribution in [2.75, 3.05) is 0 Å². The number of benzene rings is 1. The van der Waals surface area contributed by atoms with E-state index in [0.29, 0.717) is 5.65 Å². The number of aromatic nitrogens is 2. The lowest BCUT2D eigenvalue weighted by atomic mass is 10.1. The number of para-hydroxylation sites is 1. The zero-order chi connectivity index (χ0) is 12.0. The minimum Gasteiger partial charge on any atom is -0.476 e. The fraction of sp³-hybridized carbons (Fsp3) is 0.0769. The number of rotatable bonds is 1. The summed E-state index contributed by atoms with van der Waals surface area (Å²) in [6.45, 7) is 2.00. The minimum absolute atomic E-state index is 0.0701. The summed E-state index contributed by atoms with van der Waals surface area (Å²) in [6, 6.07) is 9.77. The number of aromatic carboxylic acids is 1. The van der Waals surface area contributed by atoms with Crippen molar-refractivity contribution in [2.24, 2.45) is 0 Å². The molecule has 0 spiro atoms. The van der Waals surface area contributed by atoms with Crippen molar-refractivity contribution >= 4 is 22.5 Å². The fourth-order valence-electron chi connectivity index (χ4n) is 2.10. The van der Waals surface area contributed by atoms with Gasteiger partial charge < -0.3 is 5.11 Å². The summed E-state index contributed by atoms with van der Waals surface area (Å²) in [7, 11) is 0. The van der Waals surface area contributed by atoms with Gasteiger partial charge in [-0.2, -0.15) is 0 Å². The lowest BCUT2D eigenvalue weighted by molar-refractivity contribution is 0.0691. The van der Waals surface area contributed by atoms with E-state index in [1.54, 1.807) is 6.20 Å². The first kappa shape index (κ1) is 9.84. The summed E-state index contributed by atoms with van der Waals surface area (Å²) in [6.07, 6.45) is 1.56. The molecule has 4 heteroatoms. The molecule has 0 fully saturated rings. The van der Waals surface area contributed by atoms with Crippen molar-refractivity contribution in [1.82, 2.24) is 9.38 Å². The summed E-state index contributed by atoms with van der Waals surface area (Å²) in [4.78, 5) is 15.0. The minimum atomic E-state index is -1.00. The van der Waals surface area contributed by atoms with Gasteiger partial charge in [-0.15, -0.1) is 0 Å². The van der Waals surface area contributed by atoms with Gasteiger partial charge in [-0.3, -0.25) is 4.40 Å². The van der Waals surface area contributed by atoms with Gasteiger partial charge in [0.2, 0.25) is 0 Å². The first-order valence-corrected chi connectivity index (χ1v) is 5.27. The maximum absolute atomic E-state index is 10.9. The van der Waals surface area contributed by atoms with Crippen molar-refractivity contribution in [3.8, 4) is 0 Å². The quantitative estimate of drug-likeness (QED) is 0.693.